The molecule has 0 bridgehead atoms. The second kappa shape index (κ2) is 7.20. The van der Waals surface area contributed by atoms with Crippen LogP contribution in [-0.4, -0.2) is 52.2 Å². The molecule has 5 nitrogen and oxygen atoms in total. The summed E-state index contributed by atoms with van der Waals surface area (Å²) in [5.74, 6) is 0. The third-order valence-corrected chi connectivity index (χ3v) is 4.16. The number of hydrogen-bond acceptors (Lipinski definition) is 4. The topological polar surface area (TPSA) is 50.5 Å². The van der Waals surface area contributed by atoms with Crippen LogP contribution in [0.1, 0.15) is 36.7 Å². The van der Waals surface area contributed by atoms with Crippen LogP contribution in [0.3, 0.4) is 0 Å². The SMILES string of the molecule is CCN(Cc1c(C)nn(CCO)c1C)CC1CCCO1. The molecule has 0 spiro atoms. The number of aryl methyl sites for hydroxylation is 1. The van der Waals surface area contributed by atoms with Gasteiger partial charge in [-0.3, -0.25) is 9.58 Å². The molecule has 2 heterocycles. The highest BCUT2D eigenvalue weighted by Crippen LogP contribution is 2.18. The average molecular weight is 281 g/mol. The van der Waals surface area contributed by atoms with Gasteiger partial charge in [0.2, 0.25) is 0 Å². The number of ether oxygens (including phenoxy) is 1. The molecule has 1 aromatic rings. The van der Waals surface area contributed by atoms with Gasteiger partial charge >= 0.3 is 0 Å². The number of rotatable bonds is 7. The Labute approximate surface area is 121 Å². The van der Waals surface area contributed by atoms with Gasteiger partial charge in [0.05, 0.1) is 24.9 Å². The van der Waals surface area contributed by atoms with E-state index in [9.17, 15) is 0 Å². The van der Waals surface area contributed by atoms with Gasteiger partial charge in [0.25, 0.3) is 0 Å². The molecule has 0 radical (unpaired) electrons. The van der Waals surface area contributed by atoms with Crippen molar-refractivity contribution in [2.75, 3.05) is 26.3 Å². The van der Waals surface area contributed by atoms with Gasteiger partial charge < -0.3 is 9.84 Å². The fourth-order valence-electron chi connectivity index (χ4n) is 2.88. The number of aliphatic hydroxyl groups is 1. The van der Waals surface area contributed by atoms with Crippen LogP contribution in [0.5, 0.6) is 0 Å². The van der Waals surface area contributed by atoms with Crippen LogP contribution in [0.4, 0.5) is 0 Å². The fraction of sp³-hybridized carbons (Fsp3) is 0.800. The van der Waals surface area contributed by atoms with Crippen LogP contribution in [0, 0.1) is 13.8 Å². The van der Waals surface area contributed by atoms with Crippen molar-refractivity contribution in [3.63, 3.8) is 0 Å². The van der Waals surface area contributed by atoms with Crippen LogP contribution >= 0.6 is 0 Å². The lowest BCUT2D eigenvalue weighted by Crippen LogP contribution is -2.32. The summed E-state index contributed by atoms with van der Waals surface area (Å²) in [6, 6.07) is 0. The smallest absolute Gasteiger partial charge is 0.0702 e. The van der Waals surface area contributed by atoms with Crippen LogP contribution in [0.25, 0.3) is 0 Å². The molecule has 0 aliphatic carbocycles. The minimum atomic E-state index is 0.134. The number of likely N-dealkylation sites (N-methyl/N-ethyl adjacent to an activating group) is 1. The quantitative estimate of drug-likeness (QED) is 0.823. The lowest BCUT2D eigenvalue weighted by atomic mass is 10.1. The minimum Gasteiger partial charge on any atom is -0.394 e. The molecule has 5 heteroatoms. The molecule has 0 amide bonds. The summed E-state index contributed by atoms with van der Waals surface area (Å²) in [6.45, 7) is 10.9. The van der Waals surface area contributed by atoms with E-state index in [1.807, 2.05) is 4.68 Å². The van der Waals surface area contributed by atoms with Gasteiger partial charge in [0.1, 0.15) is 0 Å². The van der Waals surface area contributed by atoms with E-state index >= 15 is 0 Å². The molecule has 1 atom stereocenters. The number of aliphatic hydroxyl groups excluding tert-OH is 1. The third-order valence-electron chi connectivity index (χ3n) is 4.16. The van der Waals surface area contributed by atoms with Crippen LogP contribution in [-0.2, 0) is 17.8 Å². The molecular weight excluding hydrogens is 254 g/mol. The first-order valence-corrected chi connectivity index (χ1v) is 7.63. The summed E-state index contributed by atoms with van der Waals surface area (Å²) in [4.78, 5) is 2.43. The molecule has 20 heavy (non-hydrogen) atoms. The summed E-state index contributed by atoms with van der Waals surface area (Å²) in [5, 5.41) is 13.6. The van der Waals surface area contributed by atoms with E-state index in [1.165, 1.54) is 24.1 Å². The molecule has 1 fully saturated rings. The van der Waals surface area contributed by atoms with Crippen LogP contribution < -0.4 is 0 Å². The minimum absolute atomic E-state index is 0.134. The number of hydrogen-bond donors (Lipinski definition) is 1. The van der Waals surface area contributed by atoms with Crippen molar-refractivity contribution in [3.05, 3.63) is 17.0 Å². The molecule has 1 aliphatic heterocycles. The lowest BCUT2D eigenvalue weighted by Gasteiger charge is -2.23. The second-order valence-corrected chi connectivity index (χ2v) is 5.56. The predicted molar refractivity (Wildman–Crippen MR) is 78.7 cm³/mol. The summed E-state index contributed by atoms with van der Waals surface area (Å²) < 4.78 is 7.64. The lowest BCUT2D eigenvalue weighted by molar-refractivity contribution is 0.0723. The molecule has 0 saturated carbocycles. The van der Waals surface area contributed by atoms with Gasteiger partial charge in [-0.15, -0.1) is 0 Å². The van der Waals surface area contributed by atoms with Crippen LogP contribution in [0.2, 0.25) is 0 Å². The Morgan fingerprint density at radius 2 is 2.25 bits per heavy atom. The highest BCUT2D eigenvalue weighted by atomic mass is 16.5. The van der Waals surface area contributed by atoms with Gasteiger partial charge in [0, 0.05) is 31.0 Å². The fourth-order valence-corrected chi connectivity index (χ4v) is 2.88. The summed E-state index contributed by atoms with van der Waals surface area (Å²) in [7, 11) is 0. The Hall–Kier alpha value is -0.910. The maximum Gasteiger partial charge on any atom is 0.0702 e. The summed E-state index contributed by atoms with van der Waals surface area (Å²) in [5.41, 5.74) is 3.53. The monoisotopic (exact) mass is 281 g/mol. The van der Waals surface area contributed by atoms with Gasteiger partial charge in [-0.25, -0.2) is 0 Å². The molecule has 1 N–H and O–H groups in total. The molecule has 1 unspecified atom stereocenters. The standard InChI is InChI=1S/C15H27N3O2/c1-4-17(10-14-6-5-9-20-14)11-15-12(2)16-18(7-8-19)13(15)3/h14,19H,4-11H2,1-3H3. The first-order chi connectivity index (χ1) is 9.65. The molecule has 1 aliphatic rings. The summed E-state index contributed by atoms with van der Waals surface area (Å²) in [6.07, 6.45) is 2.76. The average Bonchev–Trinajstić information content (AvgIpc) is 3.02. The van der Waals surface area contributed by atoms with Crippen molar-refractivity contribution in [1.29, 1.82) is 0 Å². The molecule has 1 saturated heterocycles. The Morgan fingerprint density at radius 1 is 1.45 bits per heavy atom. The van der Waals surface area contributed by atoms with E-state index < -0.39 is 0 Å². The maximum atomic E-state index is 9.07. The Kier molecular flexibility index (Phi) is 5.57. The van der Waals surface area contributed by atoms with Gasteiger partial charge in [-0.05, 0) is 33.2 Å². The van der Waals surface area contributed by atoms with Crippen molar-refractivity contribution in [3.8, 4) is 0 Å². The van der Waals surface area contributed by atoms with E-state index in [0.29, 0.717) is 12.6 Å². The summed E-state index contributed by atoms with van der Waals surface area (Å²) >= 11 is 0. The van der Waals surface area contributed by atoms with E-state index in [-0.39, 0.29) is 6.61 Å². The molecule has 0 aromatic carbocycles. The van der Waals surface area contributed by atoms with E-state index in [4.69, 9.17) is 9.84 Å². The second-order valence-electron chi connectivity index (χ2n) is 5.56. The van der Waals surface area contributed by atoms with Gasteiger partial charge in [0.15, 0.2) is 0 Å². The Bertz CT molecular complexity index is 425. The number of aromatic nitrogens is 2. The zero-order valence-corrected chi connectivity index (χ0v) is 12.9. The predicted octanol–water partition coefficient (Wildman–Crippen LogP) is 1.49. The largest absolute Gasteiger partial charge is 0.394 e. The van der Waals surface area contributed by atoms with Crippen molar-refractivity contribution in [1.82, 2.24) is 14.7 Å². The number of nitrogens with zero attached hydrogens (tertiary/aromatic N) is 3. The Balaban J connectivity index is 2.02. The van der Waals surface area contributed by atoms with E-state index in [0.717, 1.165) is 31.9 Å². The first-order valence-electron chi connectivity index (χ1n) is 7.63. The van der Waals surface area contributed by atoms with Crippen molar-refractivity contribution in [2.24, 2.45) is 0 Å². The first kappa shape index (κ1) is 15.5. The van der Waals surface area contributed by atoms with Crippen molar-refractivity contribution in [2.45, 2.75) is 52.8 Å². The van der Waals surface area contributed by atoms with Crippen molar-refractivity contribution < 1.29 is 9.84 Å². The van der Waals surface area contributed by atoms with Gasteiger partial charge in [-0.1, -0.05) is 6.92 Å². The normalized spacial score (nSPS) is 19.1. The van der Waals surface area contributed by atoms with E-state index in [1.54, 1.807) is 0 Å². The third kappa shape index (κ3) is 3.59. The molecule has 2 rings (SSSR count). The molecule has 1 aromatic heterocycles. The Morgan fingerprint density at radius 3 is 2.85 bits per heavy atom. The van der Waals surface area contributed by atoms with Crippen LogP contribution in [0.15, 0.2) is 0 Å². The van der Waals surface area contributed by atoms with Crippen molar-refractivity contribution >= 4 is 0 Å². The van der Waals surface area contributed by atoms with Gasteiger partial charge in [-0.2, -0.15) is 5.10 Å². The van der Waals surface area contributed by atoms with E-state index in [2.05, 4.69) is 30.8 Å². The maximum absolute atomic E-state index is 9.07. The molecule has 114 valence electrons. The highest BCUT2D eigenvalue weighted by molar-refractivity contribution is 5.24. The zero-order valence-electron chi connectivity index (χ0n) is 12.9. The molecular formula is C15H27N3O2. The zero-order chi connectivity index (χ0) is 14.5. The highest BCUT2D eigenvalue weighted by Gasteiger charge is 2.20.